The molecule has 0 unspecified atom stereocenters. The second-order valence-electron chi connectivity index (χ2n) is 7.25. The third kappa shape index (κ3) is 4.74. The SMILES string of the molecule is Cc1ccc(C(=O)n2nc(Nc3ccc(OCCN4CCCC4)cc3)nc2N)cn1. The molecule has 2 aromatic heterocycles. The summed E-state index contributed by atoms with van der Waals surface area (Å²) in [5.41, 5.74) is 7.86. The van der Waals surface area contributed by atoms with Crippen LogP contribution in [0.25, 0.3) is 0 Å². The molecule has 1 aromatic carbocycles. The lowest BCUT2D eigenvalue weighted by atomic mass is 10.2. The molecular weight excluding hydrogens is 382 g/mol. The maximum absolute atomic E-state index is 12.6. The number of nitrogen functional groups attached to an aromatic ring is 1. The van der Waals surface area contributed by atoms with Gasteiger partial charge in [0.25, 0.3) is 5.91 Å². The van der Waals surface area contributed by atoms with Gasteiger partial charge in [-0.15, -0.1) is 5.10 Å². The van der Waals surface area contributed by atoms with Crippen molar-refractivity contribution in [2.24, 2.45) is 0 Å². The van der Waals surface area contributed by atoms with E-state index in [-0.39, 0.29) is 17.8 Å². The minimum atomic E-state index is -0.387. The van der Waals surface area contributed by atoms with Crippen molar-refractivity contribution >= 4 is 23.5 Å². The number of pyridine rings is 1. The van der Waals surface area contributed by atoms with Crippen LogP contribution in [0.4, 0.5) is 17.6 Å². The number of carbonyl (C=O) groups is 1. The fourth-order valence-electron chi connectivity index (χ4n) is 3.31. The quantitative estimate of drug-likeness (QED) is 0.614. The predicted molar refractivity (Wildman–Crippen MR) is 114 cm³/mol. The number of anilines is 3. The summed E-state index contributed by atoms with van der Waals surface area (Å²) < 4.78 is 6.87. The molecule has 4 rings (SSSR count). The first kappa shape index (κ1) is 19.8. The Morgan fingerprint density at radius 3 is 2.63 bits per heavy atom. The van der Waals surface area contributed by atoms with Crippen LogP contribution in [0.5, 0.6) is 5.75 Å². The molecule has 156 valence electrons. The van der Waals surface area contributed by atoms with Gasteiger partial charge in [-0.3, -0.25) is 14.7 Å². The number of nitrogens with one attached hydrogen (secondary N) is 1. The van der Waals surface area contributed by atoms with Gasteiger partial charge in [-0.25, -0.2) is 0 Å². The number of nitrogens with two attached hydrogens (primary N) is 1. The molecule has 3 heterocycles. The van der Waals surface area contributed by atoms with E-state index in [9.17, 15) is 4.79 Å². The highest BCUT2D eigenvalue weighted by Crippen LogP contribution is 2.19. The van der Waals surface area contributed by atoms with Crippen molar-refractivity contribution in [3.8, 4) is 5.75 Å². The summed E-state index contributed by atoms with van der Waals surface area (Å²) in [6, 6.07) is 10.9. The monoisotopic (exact) mass is 407 g/mol. The second kappa shape index (κ2) is 8.91. The van der Waals surface area contributed by atoms with Crippen LogP contribution in [0.1, 0.15) is 28.9 Å². The van der Waals surface area contributed by atoms with E-state index in [0.29, 0.717) is 12.2 Å². The molecule has 3 aromatic rings. The van der Waals surface area contributed by atoms with Crippen molar-refractivity contribution in [1.82, 2.24) is 24.6 Å². The number of benzene rings is 1. The number of nitrogens with zero attached hydrogens (tertiary/aromatic N) is 5. The Balaban J connectivity index is 1.35. The molecule has 1 saturated heterocycles. The van der Waals surface area contributed by atoms with Gasteiger partial charge in [0.15, 0.2) is 0 Å². The maximum Gasteiger partial charge on any atom is 0.283 e. The molecule has 0 amide bonds. The largest absolute Gasteiger partial charge is 0.492 e. The summed E-state index contributed by atoms with van der Waals surface area (Å²) in [5, 5.41) is 7.23. The van der Waals surface area contributed by atoms with Gasteiger partial charge in [-0.05, 0) is 69.3 Å². The van der Waals surface area contributed by atoms with E-state index >= 15 is 0 Å². The van der Waals surface area contributed by atoms with E-state index in [1.807, 2.05) is 31.2 Å². The molecule has 1 fully saturated rings. The second-order valence-corrected chi connectivity index (χ2v) is 7.25. The Kier molecular flexibility index (Phi) is 5.89. The average Bonchev–Trinajstić information content (AvgIpc) is 3.39. The molecule has 3 N–H and O–H groups in total. The highest BCUT2D eigenvalue weighted by Gasteiger charge is 2.16. The van der Waals surface area contributed by atoms with Gasteiger partial charge >= 0.3 is 0 Å². The number of ether oxygens (including phenoxy) is 1. The molecule has 30 heavy (non-hydrogen) atoms. The van der Waals surface area contributed by atoms with Crippen molar-refractivity contribution in [3.05, 3.63) is 53.9 Å². The lowest BCUT2D eigenvalue weighted by Gasteiger charge is -2.15. The zero-order valence-corrected chi connectivity index (χ0v) is 16.9. The van der Waals surface area contributed by atoms with Crippen LogP contribution in [-0.2, 0) is 0 Å². The van der Waals surface area contributed by atoms with Crippen LogP contribution in [0.2, 0.25) is 0 Å². The maximum atomic E-state index is 12.6. The molecular formula is C21H25N7O2. The van der Waals surface area contributed by atoms with Gasteiger partial charge in [0.1, 0.15) is 12.4 Å². The van der Waals surface area contributed by atoms with Crippen LogP contribution in [0, 0.1) is 6.92 Å². The van der Waals surface area contributed by atoms with Gasteiger partial charge < -0.3 is 15.8 Å². The van der Waals surface area contributed by atoms with E-state index in [2.05, 4.69) is 25.3 Å². The molecule has 1 aliphatic rings. The molecule has 9 heteroatoms. The van der Waals surface area contributed by atoms with Crippen molar-refractivity contribution in [2.45, 2.75) is 19.8 Å². The first-order chi connectivity index (χ1) is 14.6. The topological polar surface area (TPSA) is 111 Å². The number of aromatic nitrogens is 4. The third-order valence-electron chi connectivity index (χ3n) is 4.97. The van der Waals surface area contributed by atoms with Crippen LogP contribution in [0.15, 0.2) is 42.6 Å². The normalized spacial score (nSPS) is 14.0. The first-order valence-electron chi connectivity index (χ1n) is 10.0. The summed E-state index contributed by atoms with van der Waals surface area (Å²) in [7, 11) is 0. The third-order valence-corrected chi connectivity index (χ3v) is 4.97. The Bertz CT molecular complexity index is 993. The zero-order chi connectivity index (χ0) is 20.9. The van der Waals surface area contributed by atoms with Gasteiger partial charge in [-0.1, -0.05) is 0 Å². The molecule has 0 atom stereocenters. The smallest absolute Gasteiger partial charge is 0.283 e. The van der Waals surface area contributed by atoms with Crippen molar-refractivity contribution in [2.75, 3.05) is 37.3 Å². The number of hydrogen-bond donors (Lipinski definition) is 2. The zero-order valence-electron chi connectivity index (χ0n) is 16.9. The number of hydrogen-bond acceptors (Lipinski definition) is 8. The van der Waals surface area contributed by atoms with E-state index in [1.54, 1.807) is 12.1 Å². The van der Waals surface area contributed by atoms with Crippen molar-refractivity contribution in [1.29, 1.82) is 0 Å². The number of likely N-dealkylation sites (tertiary alicyclic amines) is 1. The number of rotatable bonds is 7. The molecule has 0 aliphatic carbocycles. The fourth-order valence-corrected chi connectivity index (χ4v) is 3.31. The molecule has 0 saturated carbocycles. The molecule has 0 spiro atoms. The summed E-state index contributed by atoms with van der Waals surface area (Å²) in [6.07, 6.45) is 4.05. The Morgan fingerprint density at radius 1 is 1.17 bits per heavy atom. The molecule has 9 nitrogen and oxygen atoms in total. The summed E-state index contributed by atoms with van der Waals surface area (Å²) in [4.78, 5) is 23.2. The van der Waals surface area contributed by atoms with Crippen LogP contribution < -0.4 is 15.8 Å². The summed E-state index contributed by atoms with van der Waals surface area (Å²) in [6.45, 7) is 5.80. The van der Waals surface area contributed by atoms with E-state index in [0.717, 1.165) is 41.4 Å². The standard InChI is InChI=1S/C21H25N7O2/c1-15-4-5-16(14-23-15)19(29)28-20(22)25-21(26-28)24-17-6-8-18(9-7-17)30-13-12-27-10-2-3-11-27/h4-9,14H,2-3,10-13H2,1H3,(H3,22,24,25,26). The highest BCUT2D eigenvalue weighted by molar-refractivity contribution is 5.96. The molecule has 0 bridgehead atoms. The summed E-state index contributed by atoms with van der Waals surface area (Å²) in [5.74, 6) is 0.663. The Morgan fingerprint density at radius 2 is 1.93 bits per heavy atom. The van der Waals surface area contributed by atoms with Gasteiger partial charge in [0, 0.05) is 24.1 Å². The Hall–Kier alpha value is -3.46. The van der Waals surface area contributed by atoms with Crippen LogP contribution in [-0.4, -0.2) is 56.8 Å². The molecule has 1 aliphatic heterocycles. The summed E-state index contributed by atoms with van der Waals surface area (Å²) >= 11 is 0. The first-order valence-corrected chi connectivity index (χ1v) is 10.0. The number of carbonyl (C=O) groups excluding carboxylic acids is 1. The lowest BCUT2D eigenvalue weighted by Crippen LogP contribution is -2.25. The van der Waals surface area contributed by atoms with E-state index < -0.39 is 0 Å². The fraction of sp³-hybridized carbons (Fsp3) is 0.333. The predicted octanol–water partition coefficient (Wildman–Crippen LogP) is 2.47. The van der Waals surface area contributed by atoms with Crippen molar-refractivity contribution < 1.29 is 9.53 Å². The highest BCUT2D eigenvalue weighted by atomic mass is 16.5. The van der Waals surface area contributed by atoms with Gasteiger partial charge in [0.05, 0.1) is 5.56 Å². The number of aryl methyl sites for hydroxylation is 1. The van der Waals surface area contributed by atoms with Gasteiger partial charge in [0.2, 0.25) is 11.9 Å². The van der Waals surface area contributed by atoms with E-state index in [1.165, 1.54) is 19.0 Å². The van der Waals surface area contributed by atoms with Crippen LogP contribution in [0.3, 0.4) is 0 Å². The minimum absolute atomic E-state index is 0.00458. The lowest BCUT2D eigenvalue weighted by molar-refractivity contribution is 0.0947. The average molecular weight is 407 g/mol. The van der Waals surface area contributed by atoms with Crippen LogP contribution >= 0.6 is 0 Å². The van der Waals surface area contributed by atoms with Gasteiger partial charge in [-0.2, -0.15) is 9.67 Å². The van der Waals surface area contributed by atoms with E-state index in [4.69, 9.17) is 10.5 Å². The minimum Gasteiger partial charge on any atom is -0.492 e. The Labute approximate surface area is 174 Å². The molecule has 0 radical (unpaired) electrons. The van der Waals surface area contributed by atoms with Crippen molar-refractivity contribution in [3.63, 3.8) is 0 Å².